The van der Waals surface area contributed by atoms with Gasteiger partial charge in [-0.2, -0.15) is 0 Å². The normalized spacial score (nSPS) is 15.7. The molecule has 0 bridgehead atoms. The largest absolute Gasteiger partial charge is 0.322 e. The number of hydrogen-bond acceptors (Lipinski definition) is 1. The summed E-state index contributed by atoms with van der Waals surface area (Å²) in [6, 6.07) is 0. The maximum absolute atomic E-state index is 6.05. The molecule has 0 aliphatic carbocycles. The summed E-state index contributed by atoms with van der Waals surface area (Å²) in [7, 11) is 0.820. The molecule has 1 unspecified atom stereocenters. The Morgan fingerprint density at radius 1 is 0.923 bits per heavy atom. The highest BCUT2D eigenvalue weighted by Crippen LogP contribution is 2.46. The zero-order valence-corrected chi connectivity index (χ0v) is 11.3. The molecule has 2 N–H and O–H groups in total. The van der Waals surface area contributed by atoms with Gasteiger partial charge in [-0.05, 0) is 30.8 Å². The summed E-state index contributed by atoms with van der Waals surface area (Å²) in [6.07, 6.45) is 1.24. The molecule has 0 radical (unpaired) electrons. The summed E-state index contributed by atoms with van der Waals surface area (Å²) in [5.74, 6) is 0. The van der Waals surface area contributed by atoms with Crippen LogP contribution < -0.4 is 5.73 Å². The van der Waals surface area contributed by atoms with Gasteiger partial charge >= 0.3 is 0 Å². The Balaban J connectivity index is 4.25. The first-order chi connectivity index (χ1) is 5.41. The highest BCUT2D eigenvalue weighted by Gasteiger charge is 2.29. The van der Waals surface area contributed by atoms with E-state index >= 15 is 0 Å². The lowest BCUT2D eigenvalue weighted by atomic mass is 9.86. The molecule has 0 spiro atoms. The molecule has 2 heteroatoms. The molecule has 0 saturated carbocycles. The third-order valence-electron chi connectivity index (χ3n) is 1.63. The first kappa shape index (κ1) is 13.4. The number of nitrogens with two attached hydrogens (primary N) is 1. The molecule has 0 aromatic rings. The maximum Gasteiger partial charge on any atom is 0.0274 e. The van der Waals surface area contributed by atoms with E-state index in [0.29, 0.717) is 10.6 Å². The molecule has 13 heavy (non-hydrogen) atoms. The van der Waals surface area contributed by atoms with Crippen LogP contribution in [-0.2, 0) is 0 Å². The Hall–Kier alpha value is 0.390. The van der Waals surface area contributed by atoms with Crippen molar-refractivity contribution in [3.8, 4) is 0 Å². The van der Waals surface area contributed by atoms with Crippen LogP contribution in [0.25, 0.3) is 0 Å². The van der Waals surface area contributed by atoms with Gasteiger partial charge in [0.05, 0.1) is 0 Å². The van der Waals surface area contributed by atoms with Crippen LogP contribution in [0.4, 0.5) is 0 Å². The first-order valence-electron chi connectivity index (χ1n) is 5.00. The van der Waals surface area contributed by atoms with Gasteiger partial charge in [-0.3, -0.25) is 0 Å². The van der Waals surface area contributed by atoms with Gasteiger partial charge in [-0.15, -0.1) is 0 Å². The zero-order chi connectivity index (χ0) is 10.9. The van der Waals surface area contributed by atoms with E-state index < -0.39 is 0 Å². The van der Waals surface area contributed by atoms with E-state index in [0.717, 1.165) is 8.58 Å². The van der Waals surface area contributed by atoms with E-state index in [-0.39, 0.29) is 5.28 Å². The van der Waals surface area contributed by atoms with Crippen molar-refractivity contribution < 1.29 is 0 Å². The van der Waals surface area contributed by atoms with Gasteiger partial charge in [-0.1, -0.05) is 43.2 Å². The van der Waals surface area contributed by atoms with Gasteiger partial charge in [0.2, 0.25) is 0 Å². The average Bonchev–Trinajstić information content (AvgIpc) is 1.43. The van der Waals surface area contributed by atoms with Crippen molar-refractivity contribution in [2.45, 2.75) is 65.3 Å². The molecule has 0 aliphatic rings. The SMILES string of the molecule is CC(C)(C)CC(C)(C)PC(C)(C)N. The van der Waals surface area contributed by atoms with Gasteiger partial charge in [0, 0.05) is 5.28 Å². The monoisotopic (exact) mass is 203 g/mol. The molecule has 0 aromatic carbocycles. The maximum atomic E-state index is 6.05. The summed E-state index contributed by atoms with van der Waals surface area (Å²) >= 11 is 0. The van der Waals surface area contributed by atoms with Gasteiger partial charge in [-0.25, -0.2) is 0 Å². The second-order valence-corrected chi connectivity index (χ2v) is 9.36. The van der Waals surface area contributed by atoms with Crippen LogP contribution >= 0.6 is 8.58 Å². The highest BCUT2D eigenvalue weighted by molar-refractivity contribution is 7.41. The van der Waals surface area contributed by atoms with Crippen molar-refractivity contribution in [3.05, 3.63) is 0 Å². The molecule has 0 amide bonds. The molecule has 0 aromatic heterocycles. The van der Waals surface area contributed by atoms with Crippen molar-refractivity contribution in [2.24, 2.45) is 11.1 Å². The summed E-state index contributed by atoms with van der Waals surface area (Å²) in [5, 5.41) is 0.352. The molecule has 80 valence electrons. The Bertz CT molecular complexity index is 142. The van der Waals surface area contributed by atoms with Crippen LogP contribution in [0.2, 0.25) is 0 Å². The zero-order valence-electron chi connectivity index (χ0n) is 10.3. The summed E-state index contributed by atoms with van der Waals surface area (Å²) in [4.78, 5) is 0. The van der Waals surface area contributed by atoms with Gasteiger partial charge in [0.15, 0.2) is 0 Å². The second kappa shape index (κ2) is 3.87. The van der Waals surface area contributed by atoms with Crippen molar-refractivity contribution >= 4 is 8.58 Å². The fourth-order valence-electron chi connectivity index (χ4n) is 2.24. The Morgan fingerprint density at radius 2 is 1.31 bits per heavy atom. The summed E-state index contributed by atoms with van der Waals surface area (Å²) in [6.45, 7) is 15.8. The van der Waals surface area contributed by atoms with E-state index in [4.69, 9.17) is 5.73 Å². The number of rotatable bonds is 3. The predicted octanol–water partition coefficient (Wildman–Crippen LogP) is 3.57. The summed E-state index contributed by atoms with van der Waals surface area (Å²) in [5.41, 5.74) is 6.46. The standard InChI is InChI=1S/C11H26NP/c1-9(2,3)8-10(4,5)13-11(6,7)12/h13H,8,12H2,1-7H3. The minimum atomic E-state index is -0.0191. The second-order valence-electron chi connectivity index (χ2n) is 6.47. The molecule has 1 nitrogen and oxygen atoms in total. The quantitative estimate of drug-likeness (QED) is 0.697. The Labute approximate surface area is 85.6 Å². The van der Waals surface area contributed by atoms with Gasteiger partial charge < -0.3 is 5.73 Å². The van der Waals surface area contributed by atoms with Crippen molar-refractivity contribution in [2.75, 3.05) is 0 Å². The third kappa shape index (κ3) is 8.71. The fraction of sp³-hybridized carbons (Fsp3) is 1.00. The van der Waals surface area contributed by atoms with Crippen LogP contribution in [0, 0.1) is 5.41 Å². The lowest BCUT2D eigenvalue weighted by Gasteiger charge is -2.37. The van der Waals surface area contributed by atoms with E-state index in [1.165, 1.54) is 6.42 Å². The lowest BCUT2D eigenvalue weighted by molar-refractivity contribution is 0.336. The summed E-state index contributed by atoms with van der Waals surface area (Å²) < 4.78 is 0. The van der Waals surface area contributed by atoms with E-state index in [1.807, 2.05) is 0 Å². The van der Waals surface area contributed by atoms with Crippen LogP contribution in [0.1, 0.15) is 54.9 Å². The van der Waals surface area contributed by atoms with Crippen LogP contribution in [0.3, 0.4) is 0 Å². The predicted molar refractivity (Wildman–Crippen MR) is 64.7 cm³/mol. The highest BCUT2D eigenvalue weighted by atomic mass is 31.1. The van der Waals surface area contributed by atoms with E-state index in [1.54, 1.807) is 0 Å². The molecule has 0 heterocycles. The van der Waals surface area contributed by atoms with Crippen LogP contribution in [-0.4, -0.2) is 10.4 Å². The molecule has 1 atom stereocenters. The fourth-order valence-corrected chi connectivity index (χ4v) is 4.61. The third-order valence-corrected chi connectivity index (χ3v) is 3.13. The minimum Gasteiger partial charge on any atom is -0.322 e. The lowest BCUT2D eigenvalue weighted by Crippen LogP contribution is -2.33. The topological polar surface area (TPSA) is 26.0 Å². The minimum absolute atomic E-state index is 0.0191. The molecule has 0 aliphatic heterocycles. The Kier molecular flexibility index (Phi) is 3.98. The Morgan fingerprint density at radius 3 is 1.54 bits per heavy atom. The molecular formula is C11H26NP. The molecule has 0 fully saturated rings. The van der Waals surface area contributed by atoms with Gasteiger partial charge in [0.25, 0.3) is 0 Å². The molecule has 0 saturated heterocycles. The first-order valence-corrected chi connectivity index (χ1v) is 6.00. The smallest absolute Gasteiger partial charge is 0.0274 e. The van der Waals surface area contributed by atoms with Crippen molar-refractivity contribution in [3.63, 3.8) is 0 Å². The van der Waals surface area contributed by atoms with E-state index in [2.05, 4.69) is 48.5 Å². The van der Waals surface area contributed by atoms with Gasteiger partial charge in [0.1, 0.15) is 0 Å². The molecule has 0 rings (SSSR count). The number of hydrogen-bond donors (Lipinski definition) is 1. The average molecular weight is 203 g/mol. The van der Waals surface area contributed by atoms with Crippen molar-refractivity contribution in [1.29, 1.82) is 0 Å². The van der Waals surface area contributed by atoms with Crippen molar-refractivity contribution in [1.82, 2.24) is 0 Å². The molecular weight excluding hydrogens is 177 g/mol. The van der Waals surface area contributed by atoms with E-state index in [9.17, 15) is 0 Å². The van der Waals surface area contributed by atoms with Crippen LogP contribution in [0.5, 0.6) is 0 Å². The van der Waals surface area contributed by atoms with Crippen LogP contribution in [0.15, 0.2) is 0 Å².